The van der Waals surface area contributed by atoms with Crippen molar-refractivity contribution in [2.45, 2.75) is 32.9 Å². The average Bonchev–Trinajstić information content (AvgIpc) is 3.20. The van der Waals surface area contributed by atoms with Gasteiger partial charge in [-0.25, -0.2) is 0 Å². The summed E-state index contributed by atoms with van der Waals surface area (Å²) < 4.78 is 16.2. The quantitative estimate of drug-likeness (QED) is 0.642. The first-order valence-electron chi connectivity index (χ1n) is 9.07. The summed E-state index contributed by atoms with van der Waals surface area (Å²) in [5.74, 6) is 1.81. The monoisotopic (exact) mass is 381 g/mol. The maximum absolute atomic E-state index is 12.5. The molecule has 0 aliphatic carbocycles. The molecule has 1 heterocycles. The third-order valence-electron chi connectivity index (χ3n) is 4.17. The number of hydrogen-bond donors (Lipinski definition) is 1. The standard InChI is InChI=1S/C21H23N3O4/c1-4-18(27-17-7-5-6-16(12-17)26-3)21(25)22-13-19-23-20(24-28-19)15-10-8-14(2)9-11-15/h5-12,18H,4,13H2,1-3H3,(H,22,25). The minimum absolute atomic E-state index is 0.135. The van der Waals surface area contributed by atoms with Crippen molar-refractivity contribution in [3.8, 4) is 22.9 Å². The number of carbonyl (C=O) groups excluding carboxylic acids is 1. The molecule has 0 saturated carbocycles. The number of aryl methyl sites for hydroxylation is 1. The summed E-state index contributed by atoms with van der Waals surface area (Å²) in [5.41, 5.74) is 2.01. The van der Waals surface area contributed by atoms with E-state index in [1.165, 1.54) is 0 Å². The van der Waals surface area contributed by atoms with Crippen LogP contribution >= 0.6 is 0 Å². The van der Waals surface area contributed by atoms with E-state index >= 15 is 0 Å². The Hall–Kier alpha value is -3.35. The summed E-state index contributed by atoms with van der Waals surface area (Å²) >= 11 is 0. The Bertz CT molecular complexity index is 921. The number of amides is 1. The minimum Gasteiger partial charge on any atom is -0.497 e. The van der Waals surface area contributed by atoms with Crippen LogP contribution in [0.5, 0.6) is 11.5 Å². The van der Waals surface area contributed by atoms with E-state index in [4.69, 9.17) is 14.0 Å². The molecule has 0 spiro atoms. The van der Waals surface area contributed by atoms with Gasteiger partial charge in [-0.15, -0.1) is 0 Å². The van der Waals surface area contributed by atoms with E-state index in [2.05, 4.69) is 15.5 Å². The van der Waals surface area contributed by atoms with Gasteiger partial charge >= 0.3 is 0 Å². The van der Waals surface area contributed by atoms with Gasteiger partial charge < -0.3 is 19.3 Å². The number of hydrogen-bond acceptors (Lipinski definition) is 6. The van der Waals surface area contributed by atoms with E-state index in [-0.39, 0.29) is 12.5 Å². The largest absolute Gasteiger partial charge is 0.497 e. The molecule has 1 amide bonds. The van der Waals surface area contributed by atoms with E-state index in [1.807, 2.05) is 50.2 Å². The third-order valence-corrected chi connectivity index (χ3v) is 4.17. The summed E-state index contributed by atoms with van der Waals surface area (Å²) in [4.78, 5) is 16.8. The van der Waals surface area contributed by atoms with Gasteiger partial charge in [-0.2, -0.15) is 4.98 Å². The van der Waals surface area contributed by atoms with Gasteiger partial charge in [0.15, 0.2) is 6.10 Å². The SMILES string of the molecule is CCC(Oc1cccc(OC)c1)C(=O)NCc1nc(-c2ccc(C)cc2)no1. The van der Waals surface area contributed by atoms with Gasteiger partial charge in [0.25, 0.3) is 5.91 Å². The van der Waals surface area contributed by atoms with Crippen molar-refractivity contribution in [1.82, 2.24) is 15.5 Å². The molecule has 0 radical (unpaired) electrons. The fourth-order valence-corrected chi connectivity index (χ4v) is 2.58. The molecule has 0 bridgehead atoms. The Labute approximate surface area is 163 Å². The van der Waals surface area contributed by atoms with Crippen LogP contribution in [-0.4, -0.2) is 29.3 Å². The minimum atomic E-state index is -0.633. The molecule has 3 aromatic rings. The highest BCUT2D eigenvalue weighted by Gasteiger charge is 2.19. The molecule has 1 N–H and O–H groups in total. The normalized spacial score (nSPS) is 11.7. The molecule has 146 valence electrons. The molecule has 3 rings (SSSR count). The second kappa shape index (κ2) is 9.03. The number of ether oxygens (including phenoxy) is 2. The van der Waals surface area contributed by atoms with E-state index < -0.39 is 6.10 Å². The van der Waals surface area contributed by atoms with Crippen molar-refractivity contribution in [2.75, 3.05) is 7.11 Å². The van der Waals surface area contributed by atoms with Gasteiger partial charge in [0, 0.05) is 11.6 Å². The number of benzene rings is 2. The Morgan fingerprint density at radius 2 is 1.93 bits per heavy atom. The van der Waals surface area contributed by atoms with E-state index in [1.54, 1.807) is 19.2 Å². The van der Waals surface area contributed by atoms with Crippen LogP contribution in [0, 0.1) is 6.92 Å². The number of methoxy groups -OCH3 is 1. The molecular formula is C21H23N3O4. The highest BCUT2D eigenvalue weighted by Crippen LogP contribution is 2.21. The van der Waals surface area contributed by atoms with E-state index in [0.29, 0.717) is 29.6 Å². The van der Waals surface area contributed by atoms with Crippen LogP contribution in [0.3, 0.4) is 0 Å². The molecular weight excluding hydrogens is 358 g/mol. The lowest BCUT2D eigenvalue weighted by molar-refractivity contribution is -0.128. The predicted molar refractivity (Wildman–Crippen MR) is 104 cm³/mol. The van der Waals surface area contributed by atoms with Gasteiger partial charge in [0.05, 0.1) is 13.7 Å². The van der Waals surface area contributed by atoms with Crippen molar-refractivity contribution in [1.29, 1.82) is 0 Å². The number of aromatic nitrogens is 2. The zero-order valence-electron chi connectivity index (χ0n) is 16.1. The van der Waals surface area contributed by atoms with Crippen molar-refractivity contribution < 1.29 is 18.8 Å². The van der Waals surface area contributed by atoms with Crippen LogP contribution in [0.4, 0.5) is 0 Å². The highest BCUT2D eigenvalue weighted by atomic mass is 16.5. The second-order valence-electron chi connectivity index (χ2n) is 6.29. The fraction of sp³-hybridized carbons (Fsp3) is 0.286. The Kier molecular flexibility index (Phi) is 6.26. The van der Waals surface area contributed by atoms with Gasteiger partial charge in [-0.3, -0.25) is 4.79 Å². The summed E-state index contributed by atoms with van der Waals surface area (Å²) in [7, 11) is 1.58. The Morgan fingerprint density at radius 1 is 1.18 bits per heavy atom. The zero-order chi connectivity index (χ0) is 19.9. The number of carbonyl (C=O) groups is 1. The maximum Gasteiger partial charge on any atom is 0.261 e. The van der Waals surface area contributed by atoms with Crippen molar-refractivity contribution in [3.63, 3.8) is 0 Å². The molecule has 7 heteroatoms. The van der Waals surface area contributed by atoms with Crippen LogP contribution in [0.15, 0.2) is 53.1 Å². The van der Waals surface area contributed by atoms with E-state index in [0.717, 1.165) is 11.1 Å². The first kappa shape index (κ1) is 19.4. The molecule has 7 nitrogen and oxygen atoms in total. The molecule has 1 atom stereocenters. The fourth-order valence-electron chi connectivity index (χ4n) is 2.58. The van der Waals surface area contributed by atoms with Crippen LogP contribution in [0.1, 0.15) is 24.8 Å². The molecule has 1 aromatic heterocycles. The first-order valence-corrected chi connectivity index (χ1v) is 9.07. The Balaban J connectivity index is 1.58. The van der Waals surface area contributed by atoms with E-state index in [9.17, 15) is 4.79 Å². The molecule has 2 aromatic carbocycles. The molecule has 0 saturated heterocycles. The molecule has 0 fully saturated rings. The third kappa shape index (κ3) is 4.88. The van der Waals surface area contributed by atoms with Crippen LogP contribution in [-0.2, 0) is 11.3 Å². The van der Waals surface area contributed by atoms with Crippen molar-refractivity contribution in [2.24, 2.45) is 0 Å². The number of rotatable bonds is 8. The van der Waals surface area contributed by atoms with Crippen LogP contribution in [0.2, 0.25) is 0 Å². The molecule has 0 aliphatic heterocycles. The maximum atomic E-state index is 12.5. The van der Waals surface area contributed by atoms with Gasteiger partial charge in [-0.05, 0) is 25.5 Å². The zero-order valence-corrected chi connectivity index (χ0v) is 16.1. The Morgan fingerprint density at radius 3 is 2.64 bits per heavy atom. The predicted octanol–water partition coefficient (Wildman–Crippen LogP) is 3.53. The average molecular weight is 381 g/mol. The van der Waals surface area contributed by atoms with Gasteiger partial charge in [-0.1, -0.05) is 48.0 Å². The summed E-state index contributed by atoms with van der Waals surface area (Å²) in [6, 6.07) is 15.0. The number of nitrogens with one attached hydrogen (secondary N) is 1. The smallest absolute Gasteiger partial charge is 0.261 e. The topological polar surface area (TPSA) is 86.5 Å². The molecule has 28 heavy (non-hydrogen) atoms. The van der Waals surface area contributed by atoms with Crippen LogP contribution in [0.25, 0.3) is 11.4 Å². The lowest BCUT2D eigenvalue weighted by atomic mass is 10.1. The number of nitrogens with zero attached hydrogens (tertiary/aromatic N) is 2. The van der Waals surface area contributed by atoms with Gasteiger partial charge in [0.2, 0.25) is 11.7 Å². The van der Waals surface area contributed by atoms with Crippen molar-refractivity contribution >= 4 is 5.91 Å². The summed E-state index contributed by atoms with van der Waals surface area (Å²) in [5, 5.41) is 6.74. The highest BCUT2D eigenvalue weighted by molar-refractivity contribution is 5.81. The molecule has 0 aliphatic rings. The summed E-state index contributed by atoms with van der Waals surface area (Å²) in [6.45, 7) is 4.03. The second-order valence-corrected chi connectivity index (χ2v) is 6.29. The first-order chi connectivity index (χ1) is 13.6. The molecule has 1 unspecified atom stereocenters. The van der Waals surface area contributed by atoms with Crippen LogP contribution < -0.4 is 14.8 Å². The summed E-state index contributed by atoms with van der Waals surface area (Å²) in [6.07, 6.45) is -0.117. The lowest BCUT2D eigenvalue weighted by Crippen LogP contribution is -2.37. The van der Waals surface area contributed by atoms with Crippen molar-refractivity contribution in [3.05, 3.63) is 60.0 Å². The van der Waals surface area contributed by atoms with Gasteiger partial charge in [0.1, 0.15) is 11.5 Å². The lowest BCUT2D eigenvalue weighted by Gasteiger charge is -2.17.